The van der Waals surface area contributed by atoms with Crippen molar-refractivity contribution in [3.05, 3.63) is 35.5 Å². The molecule has 2 N–H and O–H groups in total. The number of nitrogens with one attached hydrogen (secondary N) is 2. The number of benzene rings is 1. The molecule has 2 aromatic rings. The first kappa shape index (κ1) is 8.32. The van der Waals surface area contributed by atoms with Crippen molar-refractivity contribution in [2.24, 2.45) is 0 Å². The van der Waals surface area contributed by atoms with Crippen molar-refractivity contribution >= 4 is 10.9 Å². The zero-order valence-corrected chi connectivity index (χ0v) is 8.02. The topological polar surface area (TPSA) is 27.8 Å². The van der Waals surface area contributed by atoms with Crippen molar-refractivity contribution in [1.82, 2.24) is 10.3 Å². The summed E-state index contributed by atoms with van der Waals surface area (Å²) < 4.78 is 0. The monoisotopic (exact) mass is 174 g/mol. The van der Waals surface area contributed by atoms with Crippen LogP contribution >= 0.6 is 0 Å². The summed E-state index contributed by atoms with van der Waals surface area (Å²) >= 11 is 0. The SMILES string of the molecule is CNCc1cc2cc(C)ccc2[nH]1. The number of aromatic amines is 1. The van der Waals surface area contributed by atoms with E-state index in [1.165, 1.54) is 22.2 Å². The molecule has 1 heterocycles. The van der Waals surface area contributed by atoms with Gasteiger partial charge in [0.05, 0.1) is 0 Å². The number of hydrogen-bond acceptors (Lipinski definition) is 1. The van der Waals surface area contributed by atoms with E-state index in [2.05, 4.69) is 41.5 Å². The lowest BCUT2D eigenvalue weighted by Gasteiger charge is -1.92. The summed E-state index contributed by atoms with van der Waals surface area (Å²) in [5, 5.41) is 4.42. The smallest absolute Gasteiger partial charge is 0.0456 e. The number of aryl methyl sites for hydroxylation is 1. The Bertz CT molecular complexity index is 415. The van der Waals surface area contributed by atoms with E-state index < -0.39 is 0 Å². The maximum Gasteiger partial charge on any atom is 0.0456 e. The van der Waals surface area contributed by atoms with Gasteiger partial charge in [0.2, 0.25) is 0 Å². The molecule has 0 atom stereocenters. The van der Waals surface area contributed by atoms with Crippen LogP contribution in [0.3, 0.4) is 0 Å². The molecule has 1 aromatic heterocycles. The van der Waals surface area contributed by atoms with Gasteiger partial charge in [0.1, 0.15) is 0 Å². The fraction of sp³-hybridized carbons (Fsp3) is 0.273. The highest BCUT2D eigenvalue weighted by molar-refractivity contribution is 5.81. The normalized spacial score (nSPS) is 10.9. The molecule has 0 radical (unpaired) electrons. The average molecular weight is 174 g/mol. The minimum absolute atomic E-state index is 0.897. The Hall–Kier alpha value is -1.28. The molecule has 0 spiro atoms. The van der Waals surface area contributed by atoms with E-state index in [-0.39, 0.29) is 0 Å². The van der Waals surface area contributed by atoms with Gasteiger partial charge in [-0.15, -0.1) is 0 Å². The van der Waals surface area contributed by atoms with E-state index in [1.54, 1.807) is 0 Å². The average Bonchev–Trinajstić information content (AvgIpc) is 2.46. The largest absolute Gasteiger partial charge is 0.357 e. The minimum atomic E-state index is 0.897. The Balaban J connectivity index is 2.49. The molecule has 0 saturated carbocycles. The van der Waals surface area contributed by atoms with Gasteiger partial charge in [0.15, 0.2) is 0 Å². The van der Waals surface area contributed by atoms with Gasteiger partial charge in [-0.25, -0.2) is 0 Å². The molecule has 0 aliphatic heterocycles. The van der Waals surface area contributed by atoms with Crippen LogP contribution in [0.15, 0.2) is 24.3 Å². The summed E-state index contributed by atoms with van der Waals surface area (Å²) in [4.78, 5) is 3.36. The highest BCUT2D eigenvalue weighted by Gasteiger charge is 1.98. The lowest BCUT2D eigenvalue weighted by molar-refractivity contribution is 0.800. The maximum absolute atomic E-state index is 3.36. The van der Waals surface area contributed by atoms with Gasteiger partial charge in [0.25, 0.3) is 0 Å². The van der Waals surface area contributed by atoms with Crippen molar-refractivity contribution in [3.63, 3.8) is 0 Å². The second kappa shape index (κ2) is 3.23. The molecule has 0 bridgehead atoms. The standard InChI is InChI=1S/C11H14N2/c1-8-3-4-11-9(5-8)6-10(13-11)7-12-2/h3-6,12-13H,7H2,1-2H3. The number of hydrogen-bond donors (Lipinski definition) is 2. The summed E-state index contributed by atoms with van der Waals surface area (Å²) in [5.74, 6) is 0. The van der Waals surface area contributed by atoms with Crippen LogP contribution in [-0.4, -0.2) is 12.0 Å². The third-order valence-electron chi connectivity index (χ3n) is 2.20. The van der Waals surface area contributed by atoms with E-state index in [4.69, 9.17) is 0 Å². The van der Waals surface area contributed by atoms with Gasteiger partial charge >= 0.3 is 0 Å². The van der Waals surface area contributed by atoms with Crippen LogP contribution < -0.4 is 5.32 Å². The molecule has 2 heteroatoms. The van der Waals surface area contributed by atoms with E-state index in [0.717, 1.165) is 6.54 Å². The predicted octanol–water partition coefficient (Wildman–Crippen LogP) is 2.20. The zero-order valence-electron chi connectivity index (χ0n) is 8.02. The highest BCUT2D eigenvalue weighted by Crippen LogP contribution is 2.16. The van der Waals surface area contributed by atoms with Crippen molar-refractivity contribution in [2.45, 2.75) is 13.5 Å². The Kier molecular flexibility index (Phi) is 2.07. The van der Waals surface area contributed by atoms with Crippen LogP contribution in [0.5, 0.6) is 0 Å². The van der Waals surface area contributed by atoms with Crippen LogP contribution in [0.4, 0.5) is 0 Å². The fourth-order valence-electron chi connectivity index (χ4n) is 1.60. The van der Waals surface area contributed by atoms with E-state index in [0.29, 0.717) is 0 Å². The molecular formula is C11H14N2. The van der Waals surface area contributed by atoms with Crippen molar-refractivity contribution in [2.75, 3.05) is 7.05 Å². The summed E-state index contributed by atoms with van der Waals surface area (Å²) in [7, 11) is 1.96. The molecular weight excluding hydrogens is 160 g/mol. The molecule has 2 nitrogen and oxygen atoms in total. The molecule has 1 aromatic carbocycles. The van der Waals surface area contributed by atoms with Crippen LogP contribution in [-0.2, 0) is 6.54 Å². The maximum atomic E-state index is 3.36. The Morgan fingerprint density at radius 2 is 2.15 bits per heavy atom. The first-order valence-electron chi connectivity index (χ1n) is 4.52. The molecule has 13 heavy (non-hydrogen) atoms. The zero-order chi connectivity index (χ0) is 9.26. The lowest BCUT2D eigenvalue weighted by Crippen LogP contribution is -2.04. The van der Waals surface area contributed by atoms with Crippen LogP contribution in [0, 0.1) is 6.92 Å². The molecule has 2 rings (SSSR count). The lowest BCUT2D eigenvalue weighted by atomic mass is 10.2. The summed E-state index contributed by atoms with van der Waals surface area (Å²) in [5.41, 5.74) is 3.77. The van der Waals surface area contributed by atoms with Gasteiger partial charge in [-0.1, -0.05) is 11.6 Å². The highest BCUT2D eigenvalue weighted by atomic mass is 14.9. The second-order valence-corrected chi connectivity index (χ2v) is 3.42. The number of H-pyrrole nitrogens is 1. The fourth-order valence-corrected chi connectivity index (χ4v) is 1.60. The van der Waals surface area contributed by atoms with E-state index >= 15 is 0 Å². The molecule has 0 aliphatic carbocycles. The van der Waals surface area contributed by atoms with Gasteiger partial charge in [-0.3, -0.25) is 0 Å². The second-order valence-electron chi connectivity index (χ2n) is 3.42. The number of fused-ring (bicyclic) bond motifs is 1. The Morgan fingerprint density at radius 3 is 2.92 bits per heavy atom. The summed E-state index contributed by atoms with van der Waals surface area (Å²) in [6.07, 6.45) is 0. The van der Waals surface area contributed by atoms with Gasteiger partial charge in [0, 0.05) is 17.8 Å². The third kappa shape index (κ3) is 1.58. The molecule has 0 fully saturated rings. The van der Waals surface area contributed by atoms with E-state index in [9.17, 15) is 0 Å². The number of aromatic nitrogens is 1. The number of rotatable bonds is 2. The van der Waals surface area contributed by atoms with Gasteiger partial charge < -0.3 is 10.3 Å². The molecule has 0 amide bonds. The quantitative estimate of drug-likeness (QED) is 0.717. The molecule has 68 valence electrons. The molecule has 0 saturated heterocycles. The van der Waals surface area contributed by atoms with Crippen molar-refractivity contribution < 1.29 is 0 Å². The summed E-state index contributed by atoms with van der Waals surface area (Å²) in [6.45, 7) is 3.01. The van der Waals surface area contributed by atoms with Crippen LogP contribution in [0.25, 0.3) is 10.9 Å². The third-order valence-corrected chi connectivity index (χ3v) is 2.20. The van der Waals surface area contributed by atoms with Crippen molar-refractivity contribution in [3.8, 4) is 0 Å². The van der Waals surface area contributed by atoms with Crippen molar-refractivity contribution in [1.29, 1.82) is 0 Å². The Morgan fingerprint density at radius 1 is 1.31 bits per heavy atom. The summed E-state index contributed by atoms with van der Waals surface area (Å²) in [6, 6.07) is 8.65. The predicted molar refractivity (Wildman–Crippen MR) is 55.8 cm³/mol. The minimum Gasteiger partial charge on any atom is -0.357 e. The first-order chi connectivity index (χ1) is 6.29. The molecule has 0 aliphatic rings. The first-order valence-corrected chi connectivity index (χ1v) is 4.52. The molecule has 0 unspecified atom stereocenters. The Labute approximate surface area is 78.0 Å². The van der Waals surface area contributed by atoms with Gasteiger partial charge in [-0.2, -0.15) is 0 Å². The van der Waals surface area contributed by atoms with Crippen LogP contribution in [0.1, 0.15) is 11.3 Å². The van der Waals surface area contributed by atoms with E-state index in [1.807, 2.05) is 7.05 Å². The van der Waals surface area contributed by atoms with Gasteiger partial charge in [-0.05, 0) is 37.6 Å². The van der Waals surface area contributed by atoms with Crippen LogP contribution in [0.2, 0.25) is 0 Å².